The third-order valence-electron chi connectivity index (χ3n) is 3.35. The molecule has 78 valence electrons. The molecule has 0 spiro atoms. The van der Waals surface area contributed by atoms with E-state index in [9.17, 15) is 4.79 Å². The first-order chi connectivity index (χ1) is 6.26. The average Bonchev–Trinajstić information content (AvgIpc) is 2.77. The molecule has 0 bridgehead atoms. The summed E-state index contributed by atoms with van der Waals surface area (Å²) in [7, 11) is 0. The Morgan fingerprint density at radius 2 is 1.93 bits per heavy atom. The summed E-state index contributed by atoms with van der Waals surface area (Å²) >= 11 is 0. The first kappa shape index (κ1) is 9.72. The highest BCUT2D eigenvalue weighted by Crippen LogP contribution is 2.58. The first-order valence-corrected chi connectivity index (χ1v) is 4.44. The maximum absolute atomic E-state index is 11.7. The molecule has 2 atom stereocenters. The number of hydrogen-bond donors (Lipinski definition) is 4. The number of nitrogens with zero attached hydrogens (tertiary/aromatic N) is 1. The number of rotatable bonds is 1. The van der Waals surface area contributed by atoms with Crippen molar-refractivity contribution in [2.24, 2.45) is 33.8 Å². The Bertz CT molecular complexity index is 324. The lowest BCUT2D eigenvalue weighted by molar-refractivity contribution is -0.132. The number of carbonyl (C=O) groups is 1. The van der Waals surface area contributed by atoms with Crippen LogP contribution >= 0.6 is 0 Å². The van der Waals surface area contributed by atoms with Gasteiger partial charge in [-0.3, -0.25) is 9.79 Å². The molecule has 2 aliphatic rings. The van der Waals surface area contributed by atoms with Crippen molar-refractivity contribution in [3.63, 3.8) is 0 Å². The smallest absolute Gasteiger partial charge is 0.201 e. The fourth-order valence-corrected chi connectivity index (χ4v) is 2.48. The van der Waals surface area contributed by atoms with Gasteiger partial charge in [-0.2, -0.15) is 0 Å². The zero-order chi connectivity index (χ0) is 10.8. The average molecular weight is 197 g/mol. The normalized spacial score (nSPS) is 42.9. The third-order valence-corrected chi connectivity index (χ3v) is 3.35. The number of carbonyl (C=O) groups excluding carboxylic acids is 1. The van der Waals surface area contributed by atoms with Gasteiger partial charge in [0.1, 0.15) is 11.3 Å². The maximum atomic E-state index is 11.7. The molecule has 6 nitrogen and oxygen atoms in total. The molecule has 1 unspecified atom stereocenters. The van der Waals surface area contributed by atoms with Crippen molar-refractivity contribution < 1.29 is 4.79 Å². The van der Waals surface area contributed by atoms with Gasteiger partial charge < -0.3 is 22.9 Å². The molecule has 2 fully saturated rings. The Labute approximate surface area is 81.7 Å². The minimum atomic E-state index is -1.47. The van der Waals surface area contributed by atoms with Crippen LogP contribution in [0.4, 0.5) is 0 Å². The fourth-order valence-electron chi connectivity index (χ4n) is 2.48. The molecule has 8 N–H and O–H groups in total. The zero-order valence-electron chi connectivity index (χ0n) is 7.86. The van der Waals surface area contributed by atoms with Gasteiger partial charge in [0.25, 0.3) is 0 Å². The summed E-state index contributed by atoms with van der Waals surface area (Å²) in [6.45, 7) is 3.47. The van der Waals surface area contributed by atoms with Crippen LogP contribution in [0.25, 0.3) is 0 Å². The predicted molar refractivity (Wildman–Crippen MR) is 52.2 cm³/mol. The lowest BCUT2D eigenvalue weighted by Gasteiger charge is -2.39. The number of fused-ring (bicyclic) bond motifs is 1. The van der Waals surface area contributed by atoms with E-state index >= 15 is 0 Å². The van der Waals surface area contributed by atoms with Crippen LogP contribution in [0.3, 0.4) is 0 Å². The van der Waals surface area contributed by atoms with Gasteiger partial charge in [0.05, 0.1) is 5.54 Å². The summed E-state index contributed by atoms with van der Waals surface area (Å²) in [6, 6.07) is 0. The molecule has 0 aromatic rings. The van der Waals surface area contributed by atoms with E-state index < -0.39 is 22.6 Å². The molecule has 0 radical (unpaired) electrons. The van der Waals surface area contributed by atoms with Crippen LogP contribution in [0.2, 0.25) is 0 Å². The van der Waals surface area contributed by atoms with Gasteiger partial charge in [-0.1, -0.05) is 0 Å². The summed E-state index contributed by atoms with van der Waals surface area (Å²) in [6.07, 6.45) is 0.925. The maximum Gasteiger partial charge on any atom is 0.201 e. The van der Waals surface area contributed by atoms with Crippen LogP contribution < -0.4 is 22.9 Å². The second-order valence-corrected chi connectivity index (χ2v) is 4.50. The van der Waals surface area contributed by atoms with Crippen molar-refractivity contribution in [1.82, 2.24) is 0 Å². The highest BCUT2D eigenvalue weighted by Gasteiger charge is 2.71. The molecule has 2 aliphatic carbocycles. The van der Waals surface area contributed by atoms with Crippen LogP contribution in [-0.4, -0.2) is 29.4 Å². The van der Waals surface area contributed by atoms with Gasteiger partial charge in [0.15, 0.2) is 0 Å². The number of nitrogens with two attached hydrogens (primary N) is 4. The number of aliphatic imine (C=N–C) groups is 1. The van der Waals surface area contributed by atoms with Gasteiger partial charge in [-0.25, -0.2) is 0 Å². The topological polar surface area (TPSA) is 134 Å². The van der Waals surface area contributed by atoms with Gasteiger partial charge in [0, 0.05) is 12.3 Å². The van der Waals surface area contributed by atoms with Gasteiger partial charge in [-0.05, 0) is 13.1 Å². The number of ketones is 1. The number of hydrogen-bond acceptors (Lipinski definition) is 6. The molecule has 2 saturated carbocycles. The van der Waals surface area contributed by atoms with Crippen molar-refractivity contribution in [3.8, 4) is 0 Å². The molecule has 0 aromatic carbocycles. The molecule has 0 saturated heterocycles. The van der Waals surface area contributed by atoms with Crippen LogP contribution in [0.15, 0.2) is 4.99 Å². The van der Waals surface area contributed by atoms with Crippen molar-refractivity contribution >= 4 is 12.5 Å². The monoisotopic (exact) mass is 197 g/mol. The van der Waals surface area contributed by atoms with Gasteiger partial charge in [-0.15, -0.1) is 0 Å². The minimum Gasteiger partial charge on any atom is -0.307 e. The predicted octanol–water partition coefficient (Wildman–Crippen LogP) is -2.35. The minimum absolute atomic E-state index is 0.166. The summed E-state index contributed by atoms with van der Waals surface area (Å²) < 4.78 is 0. The Hall–Kier alpha value is -0.820. The summed E-state index contributed by atoms with van der Waals surface area (Å²) in [5.74, 6) is -0.660. The van der Waals surface area contributed by atoms with Crippen molar-refractivity contribution in [1.29, 1.82) is 0 Å². The molecule has 2 rings (SSSR count). The van der Waals surface area contributed by atoms with E-state index in [2.05, 4.69) is 11.7 Å². The molecule has 6 heteroatoms. The second-order valence-electron chi connectivity index (χ2n) is 4.50. The van der Waals surface area contributed by atoms with E-state index in [0.717, 1.165) is 0 Å². The Morgan fingerprint density at radius 3 is 2.43 bits per heavy atom. The molecular weight excluding hydrogens is 182 g/mol. The number of Topliss-reactive ketones (excluding diaryl/α,β-unsaturated/α-hetero) is 1. The van der Waals surface area contributed by atoms with Crippen LogP contribution in [0.5, 0.6) is 0 Å². The van der Waals surface area contributed by atoms with E-state index in [1.165, 1.54) is 0 Å². The lowest BCUT2D eigenvalue weighted by Crippen LogP contribution is -2.75. The molecule has 0 heterocycles. The molecule has 0 aliphatic heterocycles. The SMILES string of the molecule is C=NC12C[C@@H]1C(N)(N)C(=O)C(N)(N)C2. The van der Waals surface area contributed by atoms with E-state index in [1.54, 1.807) is 0 Å². The van der Waals surface area contributed by atoms with E-state index in [4.69, 9.17) is 22.9 Å². The lowest BCUT2D eigenvalue weighted by atomic mass is 9.78. The molecule has 0 amide bonds. The summed E-state index contributed by atoms with van der Waals surface area (Å²) in [5.41, 5.74) is 19.4. The largest absolute Gasteiger partial charge is 0.307 e. The quantitative estimate of drug-likeness (QED) is 0.276. The Balaban J connectivity index is 2.41. The van der Waals surface area contributed by atoms with Crippen LogP contribution in [0, 0.1) is 5.92 Å². The fraction of sp³-hybridized carbons (Fsp3) is 0.750. The molecule has 0 aromatic heterocycles. The van der Waals surface area contributed by atoms with Gasteiger partial charge in [0.2, 0.25) is 5.78 Å². The van der Waals surface area contributed by atoms with E-state index in [-0.39, 0.29) is 12.3 Å². The third kappa shape index (κ3) is 0.936. The van der Waals surface area contributed by atoms with E-state index in [0.29, 0.717) is 6.42 Å². The Kier molecular flexibility index (Phi) is 1.54. The summed E-state index contributed by atoms with van der Waals surface area (Å²) in [5, 5.41) is 0. The summed E-state index contributed by atoms with van der Waals surface area (Å²) in [4.78, 5) is 15.7. The van der Waals surface area contributed by atoms with E-state index in [1.807, 2.05) is 0 Å². The van der Waals surface area contributed by atoms with Crippen LogP contribution in [0.1, 0.15) is 12.8 Å². The Morgan fingerprint density at radius 1 is 1.36 bits per heavy atom. The first-order valence-electron chi connectivity index (χ1n) is 4.44. The second kappa shape index (κ2) is 2.22. The highest BCUT2D eigenvalue weighted by molar-refractivity contribution is 5.97. The van der Waals surface area contributed by atoms with Crippen molar-refractivity contribution in [2.45, 2.75) is 29.7 Å². The van der Waals surface area contributed by atoms with Crippen LogP contribution in [-0.2, 0) is 4.79 Å². The highest BCUT2D eigenvalue weighted by atomic mass is 16.1. The van der Waals surface area contributed by atoms with Crippen molar-refractivity contribution in [3.05, 3.63) is 0 Å². The zero-order valence-corrected chi connectivity index (χ0v) is 7.86. The molecular formula is C8H15N5O. The standard InChI is InChI=1S/C8H15N5O/c1-13-6-2-4(6)8(11,12)5(14)7(9,10)3-6/h4H,1-3,9-12H2/t4-,6?/m0/s1. The molecule has 14 heavy (non-hydrogen) atoms. The van der Waals surface area contributed by atoms with Crippen molar-refractivity contribution in [2.75, 3.05) is 0 Å². The van der Waals surface area contributed by atoms with Gasteiger partial charge >= 0.3 is 0 Å².